The molecule has 1 aromatic rings. The van der Waals surface area contributed by atoms with Crippen molar-refractivity contribution in [2.45, 2.75) is 39.2 Å². The lowest BCUT2D eigenvalue weighted by molar-refractivity contribution is -0.136. The van der Waals surface area contributed by atoms with Crippen molar-refractivity contribution in [3.63, 3.8) is 0 Å². The number of imide groups is 1. The van der Waals surface area contributed by atoms with Crippen LogP contribution in [-0.2, 0) is 14.3 Å². The third kappa shape index (κ3) is 7.23. The molecule has 1 fully saturated rings. The number of nitrogens with one attached hydrogen (secondary N) is 1. The van der Waals surface area contributed by atoms with Gasteiger partial charge in [-0.25, -0.2) is 0 Å². The zero-order valence-corrected chi connectivity index (χ0v) is 17.8. The lowest BCUT2D eigenvalue weighted by Crippen LogP contribution is -2.53. The number of piperidine rings is 1. The number of rotatable bonds is 9. The molecular weight excluding hydrogens is 390 g/mol. The van der Waals surface area contributed by atoms with Crippen LogP contribution >= 0.6 is 0 Å². The van der Waals surface area contributed by atoms with Crippen LogP contribution in [0, 0.1) is 0 Å². The second-order valence-corrected chi connectivity index (χ2v) is 6.68. The largest absolute Gasteiger partial charge is 0.490 e. The zero-order chi connectivity index (χ0) is 22.5. The molecule has 0 aliphatic carbocycles. The second kappa shape index (κ2) is 13.4. The Hall–Kier alpha value is -2.78. The Morgan fingerprint density at radius 1 is 1.27 bits per heavy atom. The van der Waals surface area contributed by atoms with Crippen LogP contribution in [0.5, 0.6) is 5.75 Å². The summed E-state index contributed by atoms with van der Waals surface area (Å²) in [5.41, 5.74) is 5.56. The maximum atomic E-state index is 13.0. The molecule has 30 heavy (non-hydrogen) atoms. The van der Waals surface area contributed by atoms with Crippen molar-refractivity contribution < 1.29 is 28.7 Å². The zero-order valence-electron chi connectivity index (χ0n) is 17.8. The van der Waals surface area contributed by atoms with Crippen LogP contribution in [0.4, 0.5) is 0 Å². The van der Waals surface area contributed by atoms with Crippen LogP contribution in [0.25, 0.3) is 0 Å². The van der Waals surface area contributed by atoms with Crippen LogP contribution in [0.3, 0.4) is 0 Å². The molecule has 3 N–H and O–H groups in total. The van der Waals surface area contributed by atoms with Gasteiger partial charge < -0.3 is 20.1 Å². The summed E-state index contributed by atoms with van der Waals surface area (Å²) in [5, 5.41) is 2.21. The molecule has 1 unspecified atom stereocenters. The predicted molar refractivity (Wildman–Crippen MR) is 111 cm³/mol. The van der Waals surface area contributed by atoms with E-state index in [0.29, 0.717) is 19.4 Å². The number of ether oxygens (including phenoxy) is 2. The molecule has 0 aromatic heterocycles. The molecule has 1 atom stereocenters. The summed E-state index contributed by atoms with van der Waals surface area (Å²) in [6.07, 6.45) is 2.17. The molecule has 2 rings (SSSR count). The number of carbonyl (C=O) groups excluding carboxylic acids is 4. The van der Waals surface area contributed by atoms with Crippen molar-refractivity contribution in [2.24, 2.45) is 5.73 Å². The second-order valence-electron chi connectivity index (χ2n) is 6.68. The molecule has 1 saturated heterocycles. The Morgan fingerprint density at radius 3 is 2.57 bits per heavy atom. The lowest BCUT2D eigenvalue weighted by atomic mass is 10.0. The van der Waals surface area contributed by atoms with E-state index in [4.69, 9.17) is 15.2 Å². The molecule has 0 radical (unpaired) electrons. The Morgan fingerprint density at radius 2 is 1.97 bits per heavy atom. The van der Waals surface area contributed by atoms with Crippen LogP contribution < -0.4 is 15.8 Å². The van der Waals surface area contributed by atoms with Crippen molar-refractivity contribution >= 4 is 24.0 Å². The smallest absolute Gasteiger partial charge is 0.258 e. The third-order valence-electron chi connectivity index (χ3n) is 4.14. The number of likely N-dealkylation sites (N-methyl/N-ethyl adjacent to an activating group) is 1. The number of carbonyl (C=O) groups is 4. The van der Waals surface area contributed by atoms with Gasteiger partial charge in [-0.2, -0.15) is 0 Å². The quantitative estimate of drug-likeness (QED) is 0.348. The van der Waals surface area contributed by atoms with Gasteiger partial charge in [0.15, 0.2) is 6.29 Å². The molecule has 1 aliphatic heterocycles. The standard InChI is InChI=1S/C18H23N3O6.C3H8/c1-21(13-5-6-15(23)20-17(13)24)18(25)16-12(11-22)3-2-4-14(16)27-10-9-26-8-7-19;1-3-2/h2-4,11,13H,5-10,19H2,1H3,(H,20,23,24);3H2,1-2H3. The SMILES string of the molecule is CCC.CN(C(=O)c1c(C=O)cccc1OCCOCCN)C1CCC(=O)NC1=O. The number of aldehydes is 1. The van der Waals surface area contributed by atoms with Gasteiger partial charge >= 0.3 is 0 Å². The van der Waals surface area contributed by atoms with Crippen molar-refractivity contribution in [1.82, 2.24) is 10.2 Å². The van der Waals surface area contributed by atoms with E-state index in [9.17, 15) is 19.2 Å². The molecule has 1 aromatic carbocycles. The Balaban J connectivity index is 0.00000141. The minimum atomic E-state index is -0.796. The third-order valence-corrected chi connectivity index (χ3v) is 4.14. The van der Waals surface area contributed by atoms with Crippen LogP contribution in [0.15, 0.2) is 18.2 Å². The minimum absolute atomic E-state index is 0.0681. The topological polar surface area (TPSA) is 128 Å². The molecule has 3 amide bonds. The average molecular weight is 421 g/mol. The molecule has 9 heteroatoms. The first-order valence-corrected chi connectivity index (χ1v) is 10.0. The maximum absolute atomic E-state index is 13.0. The number of hydrogen-bond donors (Lipinski definition) is 2. The molecule has 0 saturated carbocycles. The number of nitrogens with two attached hydrogens (primary N) is 1. The Kier molecular flexibility index (Phi) is 11.3. The van der Waals surface area contributed by atoms with E-state index < -0.39 is 17.9 Å². The van der Waals surface area contributed by atoms with E-state index >= 15 is 0 Å². The molecule has 0 spiro atoms. The summed E-state index contributed by atoms with van der Waals surface area (Å²) in [6.45, 7) is 5.48. The normalized spacial score (nSPS) is 15.5. The fraction of sp³-hybridized carbons (Fsp3) is 0.524. The number of amides is 3. The molecule has 1 heterocycles. The first-order valence-electron chi connectivity index (χ1n) is 10.0. The summed E-state index contributed by atoms with van der Waals surface area (Å²) in [4.78, 5) is 49.0. The monoisotopic (exact) mass is 421 g/mol. The average Bonchev–Trinajstić information content (AvgIpc) is 2.73. The van der Waals surface area contributed by atoms with E-state index in [1.165, 1.54) is 24.4 Å². The number of hydrogen-bond acceptors (Lipinski definition) is 7. The summed E-state index contributed by atoms with van der Waals surface area (Å²) in [5.74, 6) is -1.22. The highest BCUT2D eigenvalue weighted by Gasteiger charge is 2.34. The van der Waals surface area contributed by atoms with Gasteiger partial charge in [-0.1, -0.05) is 32.4 Å². The van der Waals surface area contributed by atoms with Gasteiger partial charge in [0.25, 0.3) is 5.91 Å². The van der Waals surface area contributed by atoms with Gasteiger partial charge in [0.05, 0.1) is 18.8 Å². The highest BCUT2D eigenvalue weighted by molar-refractivity contribution is 6.07. The van der Waals surface area contributed by atoms with Crippen LogP contribution in [-0.4, -0.2) is 68.4 Å². The van der Waals surface area contributed by atoms with E-state index in [0.717, 1.165) is 0 Å². The first kappa shape index (κ1) is 25.3. The lowest BCUT2D eigenvalue weighted by Gasteiger charge is -2.30. The van der Waals surface area contributed by atoms with Crippen molar-refractivity contribution in [3.05, 3.63) is 29.3 Å². The highest BCUT2D eigenvalue weighted by Crippen LogP contribution is 2.25. The summed E-state index contributed by atoms with van der Waals surface area (Å²) < 4.78 is 10.8. The Bertz CT molecular complexity index is 737. The molecular formula is C21H31N3O6. The van der Waals surface area contributed by atoms with Gasteiger partial charge in [0.1, 0.15) is 18.4 Å². The minimum Gasteiger partial charge on any atom is -0.490 e. The fourth-order valence-electron chi connectivity index (χ4n) is 2.76. The molecule has 0 bridgehead atoms. The summed E-state index contributed by atoms with van der Waals surface area (Å²) >= 11 is 0. The van der Waals surface area contributed by atoms with E-state index in [1.807, 2.05) is 0 Å². The van der Waals surface area contributed by atoms with E-state index in [1.54, 1.807) is 12.1 Å². The van der Waals surface area contributed by atoms with Gasteiger partial charge in [0, 0.05) is 25.6 Å². The molecule has 166 valence electrons. The predicted octanol–water partition coefficient (Wildman–Crippen LogP) is 1.15. The van der Waals surface area contributed by atoms with E-state index in [2.05, 4.69) is 19.2 Å². The van der Waals surface area contributed by atoms with Gasteiger partial charge in [-0.3, -0.25) is 24.5 Å². The number of benzene rings is 1. The summed E-state index contributed by atoms with van der Waals surface area (Å²) in [7, 11) is 1.46. The number of nitrogens with zero attached hydrogens (tertiary/aromatic N) is 1. The maximum Gasteiger partial charge on any atom is 0.258 e. The Labute approximate surface area is 176 Å². The fourth-order valence-corrected chi connectivity index (χ4v) is 2.76. The highest BCUT2D eigenvalue weighted by atomic mass is 16.5. The van der Waals surface area contributed by atoms with Crippen molar-refractivity contribution in [1.29, 1.82) is 0 Å². The van der Waals surface area contributed by atoms with Crippen LogP contribution in [0.1, 0.15) is 53.8 Å². The van der Waals surface area contributed by atoms with Gasteiger partial charge in [-0.05, 0) is 12.5 Å². The van der Waals surface area contributed by atoms with Gasteiger partial charge in [0.2, 0.25) is 11.8 Å². The van der Waals surface area contributed by atoms with Crippen molar-refractivity contribution in [2.75, 3.05) is 33.4 Å². The molecule has 1 aliphatic rings. The van der Waals surface area contributed by atoms with Crippen molar-refractivity contribution in [3.8, 4) is 5.75 Å². The molecule has 9 nitrogen and oxygen atoms in total. The first-order chi connectivity index (χ1) is 14.4. The van der Waals surface area contributed by atoms with Gasteiger partial charge in [-0.15, -0.1) is 0 Å². The van der Waals surface area contributed by atoms with Crippen LogP contribution in [0.2, 0.25) is 0 Å². The van der Waals surface area contributed by atoms with E-state index in [-0.39, 0.29) is 48.8 Å². The summed E-state index contributed by atoms with van der Waals surface area (Å²) in [6, 6.07) is 3.87.